The van der Waals surface area contributed by atoms with E-state index >= 15 is 0 Å². The van der Waals surface area contributed by atoms with Gasteiger partial charge in [-0.15, -0.1) is 10.2 Å². The van der Waals surface area contributed by atoms with Crippen LogP contribution in [-0.4, -0.2) is 21.2 Å². The van der Waals surface area contributed by atoms with E-state index in [1.807, 2.05) is 13.8 Å². The number of rotatable bonds is 4. The first-order chi connectivity index (χ1) is 15.7. The summed E-state index contributed by atoms with van der Waals surface area (Å²) in [4.78, 5) is 28.8. The standard InChI is InChI=1S/C25H23N3O4S/c1-12(2)8-19-26-27-25(33-19)28-21(15-6-5-7-16(29)11-15)20-22(30)17-9-13(3)14(4)10-18(17)32-23(20)24(28)31/h5-7,9-12,21,29H,8H2,1-4H3/t21-/m0/s1. The lowest BCUT2D eigenvalue weighted by molar-refractivity contribution is 0.0970. The topological polar surface area (TPSA) is 96.5 Å². The number of aromatic hydroxyl groups is 1. The van der Waals surface area contributed by atoms with E-state index < -0.39 is 11.9 Å². The zero-order chi connectivity index (χ0) is 23.4. The Bertz CT molecular complexity index is 1470. The molecule has 0 radical (unpaired) electrons. The number of aryl methyl sites for hydroxylation is 2. The van der Waals surface area contributed by atoms with E-state index in [4.69, 9.17) is 4.42 Å². The van der Waals surface area contributed by atoms with Crippen LogP contribution in [0.15, 0.2) is 45.6 Å². The second-order valence-electron chi connectivity index (χ2n) is 8.86. The minimum atomic E-state index is -0.776. The summed E-state index contributed by atoms with van der Waals surface area (Å²) in [6, 6.07) is 9.38. The number of hydrogen-bond acceptors (Lipinski definition) is 7. The van der Waals surface area contributed by atoms with E-state index in [1.54, 1.807) is 36.4 Å². The molecule has 0 fully saturated rings. The van der Waals surface area contributed by atoms with Crippen molar-refractivity contribution in [2.75, 3.05) is 4.90 Å². The van der Waals surface area contributed by atoms with Gasteiger partial charge >= 0.3 is 0 Å². The van der Waals surface area contributed by atoms with E-state index in [1.165, 1.54) is 16.2 Å². The molecule has 7 nitrogen and oxygen atoms in total. The first-order valence-electron chi connectivity index (χ1n) is 10.8. The van der Waals surface area contributed by atoms with Crippen molar-refractivity contribution in [3.8, 4) is 5.75 Å². The van der Waals surface area contributed by atoms with Gasteiger partial charge in [0.05, 0.1) is 17.0 Å². The van der Waals surface area contributed by atoms with Gasteiger partial charge in [-0.3, -0.25) is 14.5 Å². The van der Waals surface area contributed by atoms with Crippen LogP contribution in [0.5, 0.6) is 5.75 Å². The molecule has 3 heterocycles. The summed E-state index contributed by atoms with van der Waals surface area (Å²) < 4.78 is 6.04. The average Bonchev–Trinajstić information content (AvgIpc) is 3.31. The molecule has 4 aromatic rings. The Morgan fingerprint density at radius 2 is 1.88 bits per heavy atom. The zero-order valence-corrected chi connectivity index (χ0v) is 19.6. The Balaban J connectivity index is 1.76. The Kier molecular flexibility index (Phi) is 5.05. The van der Waals surface area contributed by atoms with Crippen LogP contribution < -0.4 is 10.3 Å². The molecular weight excluding hydrogens is 438 g/mol. The second-order valence-corrected chi connectivity index (χ2v) is 9.90. The summed E-state index contributed by atoms with van der Waals surface area (Å²) in [7, 11) is 0. The number of amides is 1. The SMILES string of the molecule is Cc1cc2oc3c(c(=O)c2cc1C)[C@H](c1cccc(O)c1)N(c1nnc(CC(C)C)s1)C3=O. The summed E-state index contributed by atoms with van der Waals surface area (Å²) in [5.74, 6) is -0.00514. The lowest BCUT2D eigenvalue weighted by Crippen LogP contribution is -2.29. The third-order valence-electron chi connectivity index (χ3n) is 5.92. The average molecular weight is 462 g/mol. The van der Waals surface area contributed by atoms with Crippen molar-refractivity contribution in [1.29, 1.82) is 0 Å². The molecular formula is C25H23N3O4S. The molecule has 0 bridgehead atoms. The molecule has 2 aromatic heterocycles. The minimum Gasteiger partial charge on any atom is -0.508 e. The number of carbonyl (C=O) groups excluding carboxylic acids is 1. The van der Waals surface area contributed by atoms with Crippen molar-refractivity contribution in [1.82, 2.24) is 10.2 Å². The first kappa shape index (κ1) is 21.3. The van der Waals surface area contributed by atoms with Crippen molar-refractivity contribution in [2.24, 2.45) is 5.92 Å². The highest BCUT2D eigenvalue weighted by Gasteiger charge is 2.45. The van der Waals surface area contributed by atoms with Gasteiger partial charge in [-0.1, -0.05) is 37.3 Å². The molecule has 33 heavy (non-hydrogen) atoms. The van der Waals surface area contributed by atoms with Crippen molar-refractivity contribution < 1.29 is 14.3 Å². The van der Waals surface area contributed by atoms with Crippen LogP contribution in [0.25, 0.3) is 11.0 Å². The van der Waals surface area contributed by atoms with Gasteiger partial charge in [0.2, 0.25) is 10.9 Å². The summed E-state index contributed by atoms with van der Waals surface area (Å²) in [6.45, 7) is 8.05. The van der Waals surface area contributed by atoms with Gasteiger partial charge in [0.25, 0.3) is 5.91 Å². The molecule has 1 amide bonds. The van der Waals surface area contributed by atoms with Gasteiger partial charge in [0, 0.05) is 6.42 Å². The normalized spacial score (nSPS) is 15.6. The number of hydrogen-bond donors (Lipinski definition) is 1. The van der Waals surface area contributed by atoms with Crippen LogP contribution in [0.2, 0.25) is 0 Å². The highest BCUT2D eigenvalue weighted by Crippen LogP contribution is 2.43. The van der Waals surface area contributed by atoms with E-state index in [0.717, 1.165) is 22.6 Å². The van der Waals surface area contributed by atoms with Gasteiger partial charge in [0.15, 0.2) is 5.43 Å². The van der Waals surface area contributed by atoms with Crippen LogP contribution in [0, 0.1) is 19.8 Å². The maximum Gasteiger partial charge on any atom is 0.297 e. The van der Waals surface area contributed by atoms with Gasteiger partial charge in [-0.25, -0.2) is 0 Å². The molecule has 1 atom stereocenters. The number of carbonyl (C=O) groups is 1. The molecule has 1 aliphatic rings. The van der Waals surface area contributed by atoms with Crippen molar-refractivity contribution in [2.45, 2.75) is 40.2 Å². The van der Waals surface area contributed by atoms with Gasteiger partial charge in [-0.05, 0) is 60.7 Å². The number of phenolic OH excluding ortho intramolecular Hbond substituents is 1. The fourth-order valence-electron chi connectivity index (χ4n) is 4.21. The summed E-state index contributed by atoms with van der Waals surface area (Å²) in [6.07, 6.45) is 0.739. The summed E-state index contributed by atoms with van der Waals surface area (Å²) >= 11 is 1.33. The van der Waals surface area contributed by atoms with Crippen LogP contribution in [0.3, 0.4) is 0 Å². The summed E-state index contributed by atoms with van der Waals surface area (Å²) in [5.41, 5.74) is 2.90. The maximum absolute atomic E-state index is 13.7. The Labute approximate surface area is 194 Å². The number of fused-ring (bicyclic) bond motifs is 2. The van der Waals surface area contributed by atoms with Crippen LogP contribution in [-0.2, 0) is 6.42 Å². The monoisotopic (exact) mass is 461 g/mol. The number of phenols is 1. The maximum atomic E-state index is 13.7. The molecule has 0 saturated heterocycles. The minimum absolute atomic E-state index is 0.00436. The van der Waals surface area contributed by atoms with Gasteiger partial charge in [0.1, 0.15) is 16.3 Å². The molecule has 1 N–H and O–H groups in total. The molecule has 5 rings (SSSR count). The fourth-order valence-corrected chi connectivity index (χ4v) is 5.29. The molecule has 1 aliphatic heterocycles. The Morgan fingerprint density at radius 3 is 2.61 bits per heavy atom. The summed E-state index contributed by atoms with van der Waals surface area (Å²) in [5, 5.41) is 20.3. The fraction of sp³-hybridized carbons (Fsp3) is 0.280. The highest BCUT2D eigenvalue weighted by molar-refractivity contribution is 7.15. The molecule has 168 valence electrons. The van der Waals surface area contributed by atoms with Crippen molar-refractivity contribution in [3.63, 3.8) is 0 Å². The predicted octanol–water partition coefficient (Wildman–Crippen LogP) is 4.92. The molecule has 0 spiro atoms. The zero-order valence-electron chi connectivity index (χ0n) is 18.7. The van der Waals surface area contributed by atoms with Crippen LogP contribution >= 0.6 is 11.3 Å². The van der Waals surface area contributed by atoms with E-state index in [2.05, 4.69) is 24.0 Å². The second kappa shape index (κ2) is 7.81. The highest BCUT2D eigenvalue weighted by atomic mass is 32.1. The lowest BCUT2D eigenvalue weighted by Gasteiger charge is -2.22. The predicted molar refractivity (Wildman–Crippen MR) is 127 cm³/mol. The lowest BCUT2D eigenvalue weighted by atomic mass is 9.97. The van der Waals surface area contributed by atoms with Crippen molar-refractivity contribution >= 4 is 33.3 Å². The molecule has 0 saturated carbocycles. The first-order valence-corrected chi connectivity index (χ1v) is 11.6. The molecule has 8 heteroatoms. The number of nitrogens with zero attached hydrogens (tertiary/aromatic N) is 3. The van der Waals surface area contributed by atoms with E-state index in [-0.39, 0.29) is 22.5 Å². The third kappa shape index (κ3) is 3.51. The van der Waals surface area contributed by atoms with E-state index in [9.17, 15) is 14.7 Å². The molecule has 0 unspecified atom stereocenters. The third-order valence-corrected chi connectivity index (χ3v) is 6.86. The number of benzene rings is 2. The quantitative estimate of drug-likeness (QED) is 0.464. The van der Waals surface area contributed by atoms with Gasteiger partial charge < -0.3 is 9.52 Å². The molecule has 2 aromatic carbocycles. The number of anilines is 1. The Hall–Kier alpha value is -3.52. The Morgan fingerprint density at radius 1 is 1.12 bits per heavy atom. The smallest absolute Gasteiger partial charge is 0.297 e. The van der Waals surface area contributed by atoms with Gasteiger partial charge in [-0.2, -0.15) is 0 Å². The van der Waals surface area contributed by atoms with Crippen LogP contribution in [0.1, 0.15) is 57.7 Å². The molecule has 0 aliphatic carbocycles. The van der Waals surface area contributed by atoms with Crippen LogP contribution in [0.4, 0.5) is 5.13 Å². The largest absolute Gasteiger partial charge is 0.508 e. The number of aromatic nitrogens is 2. The van der Waals surface area contributed by atoms with E-state index in [0.29, 0.717) is 27.6 Å². The van der Waals surface area contributed by atoms with Crippen molar-refractivity contribution in [3.05, 3.63) is 79.6 Å².